The van der Waals surface area contributed by atoms with Crippen LogP contribution in [0.15, 0.2) is 30.3 Å². The fourth-order valence-electron chi connectivity index (χ4n) is 4.54. The van der Waals surface area contributed by atoms with Gasteiger partial charge in [-0.15, -0.1) is 0 Å². The molecule has 0 aromatic heterocycles. The normalized spacial score (nSPS) is 33.3. The van der Waals surface area contributed by atoms with Crippen molar-refractivity contribution in [3.8, 4) is 0 Å². The summed E-state index contributed by atoms with van der Waals surface area (Å²) in [6.07, 6.45) is 7.61. The lowest BCUT2D eigenvalue weighted by molar-refractivity contribution is -0.149. The maximum absolute atomic E-state index is 11.3. The van der Waals surface area contributed by atoms with E-state index in [1.807, 2.05) is 6.07 Å². The Balaban J connectivity index is 1.80. The molecule has 0 heterocycles. The molecule has 0 amide bonds. The van der Waals surface area contributed by atoms with Gasteiger partial charge in [0.05, 0.1) is 6.42 Å². The van der Waals surface area contributed by atoms with Crippen molar-refractivity contribution in [3.63, 3.8) is 0 Å². The summed E-state index contributed by atoms with van der Waals surface area (Å²) in [4.78, 5) is 11.3. The monoisotopic (exact) mass is 258 g/mol. The fraction of sp³-hybridized carbons (Fsp3) is 0.588. The van der Waals surface area contributed by atoms with Crippen molar-refractivity contribution in [1.29, 1.82) is 0 Å². The lowest BCUT2D eigenvalue weighted by atomic mass is 9.47. The van der Waals surface area contributed by atoms with Crippen LogP contribution in [0.5, 0.6) is 0 Å². The van der Waals surface area contributed by atoms with Crippen molar-refractivity contribution >= 4 is 5.97 Å². The molecule has 1 aromatic carbocycles. The minimum atomic E-state index is -0.625. The summed E-state index contributed by atoms with van der Waals surface area (Å²) in [5.74, 6) is 0.828. The maximum atomic E-state index is 11.3. The third kappa shape index (κ3) is 2.41. The van der Waals surface area contributed by atoms with Crippen LogP contribution in [0.3, 0.4) is 0 Å². The molecule has 1 N–H and O–H groups in total. The van der Waals surface area contributed by atoms with E-state index in [-0.39, 0.29) is 5.41 Å². The van der Waals surface area contributed by atoms with Gasteiger partial charge in [-0.25, -0.2) is 0 Å². The largest absolute Gasteiger partial charge is 0.481 e. The lowest BCUT2D eigenvalue weighted by Gasteiger charge is -2.57. The molecule has 2 heteroatoms. The van der Waals surface area contributed by atoms with Gasteiger partial charge in [0, 0.05) is 0 Å². The maximum Gasteiger partial charge on any atom is 0.303 e. The molecule has 2 nitrogen and oxygen atoms in total. The van der Waals surface area contributed by atoms with Crippen molar-refractivity contribution in [3.05, 3.63) is 35.9 Å². The second kappa shape index (κ2) is 4.99. The first-order valence-corrected chi connectivity index (χ1v) is 7.45. The molecule has 3 unspecified atom stereocenters. The van der Waals surface area contributed by atoms with Crippen LogP contribution in [-0.2, 0) is 11.2 Å². The van der Waals surface area contributed by atoms with Crippen molar-refractivity contribution in [2.24, 2.45) is 17.3 Å². The summed E-state index contributed by atoms with van der Waals surface area (Å²) in [5.41, 5.74) is 1.34. The highest BCUT2D eigenvalue weighted by Gasteiger charge is 2.54. The van der Waals surface area contributed by atoms with E-state index in [0.29, 0.717) is 12.3 Å². The van der Waals surface area contributed by atoms with E-state index in [4.69, 9.17) is 0 Å². The van der Waals surface area contributed by atoms with E-state index in [1.54, 1.807) is 0 Å². The summed E-state index contributed by atoms with van der Waals surface area (Å²) in [5, 5.41) is 9.28. The molecule has 3 rings (SSSR count). The second-order valence-electron chi connectivity index (χ2n) is 6.45. The van der Waals surface area contributed by atoms with Crippen LogP contribution in [0.4, 0.5) is 0 Å². The zero-order valence-electron chi connectivity index (χ0n) is 11.3. The molecule has 2 aliphatic rings. The molecule has 0 radical (unpaired) electrons. The number of rotatable bonds is 4. The highest BCUT2D eigenvalue weighted by atomic mass is 16.4. The highest BCUT2D eigenvalue weighted by molar-refractivity contribution is 5.68. The zero-order chi connectivity index (χ0) is 13.3. The standard InChI is InChI=1S/C17H22O2/c18-16(19)12-17(10-13-6-2-1-3-7-13)11-14-8-4-5-9-15(14)17/h1-3,6-7,14-15H,4-5,8-12H2,(H,18,19). The molecule has 0 spiro atoms. The number of hydrogen-bond donors (Lipinski definition) is 1. The molecular formula is C17H22O2. The molecular weight excluding hydrogens is 236 g/mol. The summed E-state index contributed by atoms with van der Waals surface area (Å²) >= 11 is 0. The van der Waals surface area contributed by atoms with Gasteiger partial charge in [-0.1, -0.05) is 49.6 Å². The SMILES string of the molecule is O=C(O)CC1(Cc2ccccc2)CC2CCCCC21. The van der Waals surface area contributed by atoms with Crippen LogP contribution in [0.25, 0.3) is 0 Å². The number of carbonyl (C=O) groups is 1. The van der Waals surface area contributed by atoms with Gasteiger partial charge in [-0.3, -0.25) is 4.79 Å². The smallest absolute Gasteiger partial charge is 0.303 e. The Bertz CT molecular complexity index is 454. The van der Waals surface area contributed by atoms with E-state index < -0.39 is 5.97 Å². The van der Waals surface area contributed by atoms with Gasteiger partial charge in [-0.05, 0) is 42.1 Å². The third-order valence-corrected chi connectivity index (χ3v) is 5.27. The molecule has 102 valence electrons. The molecule has 0 aliphatic heterocycles. The van der Waals surface area contributed by atoms with Crippen molar-refractivity contribution in [1.82, 2.24) is 0 Å². The van der Waals surface area contributed by atoms with Crippen molar-refractivity contribution in [2.45, 2.75) is 44.9 Å². The topological polar surface area (TPSA) is 37.3 Å². The minimum absolute atomic E-state index is 0.0400. The van der Waals surface area contributed by atoms with E-state index in [9.17, 15) is 9.90 Å². The van der Waals surface area contributed by atoms with Crippen LogP contribution >= 0.6 is 0 Å². The Labute approximate surface area is 114 Å². The quantitative estimate of drug-likeness (QED) is 0.889. The fourth-order valence-corrected chi connectivity index (χ4v) is 4.54. The Morgan fingerprint density at radius 3 is 2.63 bits per heavy atom. The van der Waals surface area contributed by atoms with Crippen molar-refractivity contribution in [2.75, 3.05) is 0 Å². The Hall–Kier alpha value is -1.31. The van der Waals surface area contributed by atoms with E-state index in [0.717, 1.165) is 18.8 Å². The van der Waals surface area contributed by atoms with Crippen LogP contribution in [0.1, 0.15) is 44.1 Å². The molecule has 2 fully saturated rings. The van der Waals surface area contributed by atoms with Crippen LogP contribution < -0.4 is 0 Å². The average Bonchev–Trinajstić information content (AvgIpc) is 2.38. The predicted molar refractivity (Wildman–Crippen MR) is 74.9 cm³/mol. The Morgan fingerprint density at radius 2 is 1.95 bits per heavy atom. The number of hydrogen-bond acceptors (Lipinski definition) is 1. The number of carboxylic acids is 1. The van der Waals surface area contributed by atoms with Crippen molar-refractivity contribution < 1.29 is 9.90 Å². The van der Waals surface area contributed by atoms with E-state index >= 15 is 0 Å². The van der Waals surface area contributed by atoms with Gasteiger partial charge in [0.15, 0.2) is 0 Å². The summed E-state index contributed by atoms with van der Waals surface area (Å²) in [6.45, 7) is 0. The van der Waals surface area contributed by atoms with Gasteiger partial charge in [0.1, 0.15) is 0 Å². The number of aliphatic carboxylic acids is 1. The second-order valence-corrected chi connectivity index (χ2v) is 6.45. The lowest BCUT2D eigenvalue weighted by Crippen LogP contribution is -2.51. The van der Waals surface area contributed by atoms with Crippen LogP contribution in [0, 0.1) is 17.3 Å². The Morgan fingerprint density at radius 1 is 1.21 bits per heavy atom. The third-order valence-electron chi connectivity index (χ3n) is 5.27. The van der Waals surface area contributed by atoms with E-state index in [2.05, 4.69) is 24.3 Å². The van der Waals surface area contributed by atoms with Gasteiger partial charge in [0.2, 0.25) is 0 Å². The molecule has 19 heavy (non-hydrogen) atoms. The average molecular weight is 258 g/mol. The number of carboxylic acid groups (broad SMARTS) is 1. The number of fused-ring (bicyclic) bond motifs is 1. The van der Waals surface area contributed by atoms with Gasteiger partial charge >= 0.3 is 5.97 Å². The molecule has 1 aromatic rings. The minimum Gasteiger partial charge on any atom is -0.481 e. The first-order valence-electron chi connectivity index (χ1n) is 7.45. The molecule has 2 aliphatic carbocycles. The predicted octanol–water partition coefficient (Wildman–Crippen LogP) is 3.90. The van der Waals surface area contributed by atoms with Gasteiger partial charge in [-0.2, -0.15) is 0 Å². The summed E-state index contributed by atoms with van der Waals surface area (Å²) in [7, 11) is 0. The molecule has 2 saturated carbocycles. The van der Waals surface area contributed by atoms with E-state index in [1.165, 1.54) is 31.2 Å². The Kier molecular flexibility index (Phi) is 3.34. The highest BCUT2D eigenvalue weighted by Crippen LogP contribution is 2.60. The first-order chi connectivity index (χ1) is 9.20. The molecule has 0 saturated heterocycles. The summed E-state index contributed by atoms with van der Waals surface area (Å²) < 4.78 is 0. The molecule has 0 bridgehead atoms. The van der Waals surface area contributed by atoms with Gasteiger partial charge in [0.25, 0.3) is 0 Å². The first kappa shape index (κ1) is 12.7. The number of benzene rings is 1. The van der Waals surface area contributed by atoms with Gasteiger partial charge < -0.3 is 5.11 Å². The van der Waals surface area contributed by atoms with Crippen LogP contribution in [0.2, 0.25) is 0 Å². The summed E-state index contributed by atoms with van der Waals surface area (Å²) in [6, 6.07) is 10.4. The molecule has 3 atom stereocenters. The zero-order valence-corrected chi connectivity index (χ0v) is 11.3. The van der Waals surface area contributed by atoms with Crippen LogP contribution in [-0.4, -0.2) is 11.1 Å².